The lowest BCUT2D eigenvalue weighted by molar-refractivity contribution is 0.00822. The molecule has 0 bridgehead atoms. The molecule has 2 aromatic heterocycles. The molecule has 0 saturated carbocycles. The number of nitrogens with zero attached hydrogens (tertiary/aromatic N) is 2. The molecular formula is C16H20BrN3O4. The maximum absolute atomic E-state index is 12.3. The highest BCUT2D eigenvalue weighted by Crippen LogP contribution is 2.34. The molecule has 7 nitrogen and oxygen atoms in total. The smallest absolute Gasteiger partial charge is 0.408 e. The Hall–Kier alpha value is -1.67. The Bertz CT molecular complexity index is 747. The van der Waals surface area contributed by atoms with E-state index < -0.39 is 17.2 Å². The number of nitrogens with one attached hydrogen (secondary N) is 1. The Balaban J connectivity index is 1.93. The van der Waals surface area contributed by atoms with Gasteiger partial charge in [-0.1, -0.05) is 0 Å². The number of carbonyl (C=O) groups excluding carboxylic acids is 1. The minimum atomic E-state index is -0.756. The number of carbonyl (C=O) groups is 1. The highest BCUT2D eigenvalue weighted by atomic mass is 79.9. The van der Waals surface area contributed by atoms with Crippen molar-refractivity contribution >= 4 is 33.3 Å². The maximum Gasteiger partial charge on any atom is 0.408 e. The normalized spacial score (nSPS) is 17.7. The fraction of sp³-hybridized carbons (Fsp3) is 0.562. The molecule has 0 spiro atoms. The van der Waals surface area contributed by atoms with Crippen LogP contribution in [0.25, 0.3) is 11.2 Å². The van der Waals surface area contributed by atoms with E-state index in [0.29, 0.717) is 47.8 Å². The fourth-order valence-electron chi connectivity index (χ4n) is 2.61. The van der Waals surface area contributed by atoms with Gasteiger partial charge in [0, 0.05) is 26.1 Å². The van der Waals surface area contributed by atoms with Crippen molar-refractivity contribution in [3.05, 3.63) is 22.6 Å². The van der Waals surface area contributed by atoms with Gasteiger partial charge in [0.05, 0.1) is 0 Å². The first-order valence-electron chi connectivity index (χ1n) is 7.80. The average Bonchev–Trinajstić information content (AvgIpc) is 2.89. The molecule has 0 radical (unpaired) electrons. The molecule has 1 saturated heterocycles. The van der Waals surface area contributed by atoms with E-state index >= 15 is 0 Å². The Morgan fingerprint density at radius 3 is 2.67 bits per heavy atom. The number of alkyl carbamates (subject to hydrolysis) is 1. The first-order valence-corrected chi connectivity index (χ1v) is 8.59. The lowest BCUT2D eigenvalue weighted by atomic mass is 9.90. The van der Waals surface area contributed by atoms with Crippen molar-refractivity contribution in [3.8, 4) is 0 Å². The molecule has 2 aromatic rings. The van der Waals surface area contributed by atoms with Crippen LogP contribution in [-0.4, -0.2) is 34.9 Å². The van der Waals surface area contributed by atoms with Crippen LogP contribution in [0.2, 0.25) is 0 Å². The van der Waals surface area contributed by atoms with Gasteiger partial charge in [-0.15, -0.1) is 0 Å². The number of hydrogen-bond acceptors (Lipinski definition) is 6. The summed E-state index contributed by atoms with van der Waals surface area (Å²) in [6.45, 7) is 6.48. The van der Waals surface area contributed by atoms with Gasteiger partial charge in [-0.2, -0.15) is 4.98 Å². The van der Waals surface area contributed by atoms with Gasteiger partial charge in [0.25, 0.3) is 0 Å². The van der Waals surface area contributed by atoms with Crippen molar-refractivity contribution in [2.24, 2.45) is 0 Å². The van der Waals surface area contributed by atoms with Crippen LogP contribution in [-0.2, 0) is 15.0 Å². The van der Waals surface area contributed by atoms with Gasteiger partial charge in [-0.3, -0.25) is 0 Å². The van der Waals surface area contributed by atoms with Crippen LogP contribution in [0.15, 0.2) is 21.2 Å². The van der Waals surface area contributed by atoms with Crippen LogP contribution in [0.4, 0.5) is 4.79 Å². The van der Waals surface area contributed by atoms with Gasteiger partial charge in [0.2, 0.25) is 5.89 Å². The molecule has 3 rings (SSSR count). The number of fused-ring (bicyclic) bond motifs is 1. The average molecular weight is 398 g/mol. The standard InChI is InChI=1S/C16H20BrN3O4/c1-15(2,3)24-14(21)20-16(6-8-22-9-7-16)13-19-12-10(23-13)4-5-11(17)18-12/h4-5H,6-9H2,1-3H3,(H,20,21). The number of aromatic nitrogens is 2. The van der Waals surface area contributed by atoms with Crippen LogP contribution in [0.1, 0.15) is 39.5 Å². The van der Waals surface area contributed by atoms with Crippen LogP contribution in [0.3, 0.4) is 0 Å². The fourth-order valence-corrected chi connectivity index (χ4v) is 2.91. The van der Waals surface area contributed by atoms with Crippen molar-refractivity contribution in [1.82, 2.24) is 15.3 Å². The van der Waals surface area contributed by atoms with Gasteiger partial charge in [0.15, 0.2) is 11.2 Å². The van der Waals surface area contributed by atoms with Crippen molar-refractivity contribution < 1.29 is 18.7 Å². The maximum atomic E-state index is 12.3. The second-order valence-electron chi connectivity index (χ2n) is 6.80. The number of rotatable bonds is 2. The molecule has 0 unspecified atom stereocenters. The summed E-state index contributed by atoms with van der Waals surface area (Å²) in [6.07, 6.45) is 0.612. The SMILES string of the molecule is CC(C)(C)OC(=O)NC1(c2nc3nc(Br)ccc3o2)CCOCC1. The quantitative estimate of drug-likeness (QED) is 0.780. The molecule has 1 amide bonds. The minimum Gasteiger partial charge on any atom is -0.444 e. The molecule has 1 aliphatic rings. The Kier molecular flexibility index (Phi) is 4.52. The van der Waals surface area contributed by atoms with E-state index in [4.69, 9.17) is 13.9 Å². The van der Waals surface area contributed by atoms with Gasteiger partial charge in [-0.25, -0.2) is 9.78 Å². The van der Waals surface area contributed by atoms with E-state index in [-0.39, 0.29) is 0 Å². The number of pyridine rings is 1. The lowest BCUT2D eigenvalue weighted by Crippen LogP contribution is -2.51. The van der Waals surface area contributed by atoms with Gasteiger partial charge in [-0.05, 0) is 48.8 Å². The van der Waals surface area contributed by atoms with Crippen LogP contribution in [0.5, 0.6) is 0 Å². The Labute approximate surface area is 148 Å². The molecule has 1 N–H and O–H groups in total. The van der Waals surface area contributed by atoms with E-state index in [0.717, 1.165) is 0 Å². The highest BCUT2D eigenvalue weighted by molar-refractivity contribution is 9.10. The number of hydrogen-bond donors (Lipinski definition) is 1. The second-order valence-corrected chi connectivity index (χ2v) is 7.61. The van der Waals surface area contributed by atoms with E-state index in [1.165, 1.54) is 0 Å². The van der Waals surface area contributed by atoms with Gasteiger partial charge in [0.1, 0.15) is 15.7 Å². The molecular weight excluding hydrogens is 378 g/mol. The summed E-state index contributed by atoms with van der Waals surface area (Å²) in [7, 11) is 0. The lowest BCUT2D eigenvalue weighted by Gasteiger charge is -2.35. The summed E-state index contributed by atoms with van der Waals surface area (Å²) < 4.78 is 17.4. The third-order valence-corrected chi connectivity index (χ3v) is 4.16. The van der Waals surface area contributed by atoms with E-state index in [9.17, 15) is 4.79 Å². The summed E-state index contributed by atoms with van der Waals surface area (Å²) >= 11 is 3.32. The van der Waals surface area contributed by atoms with Crippen molar-refractivity contribution in [2.45, 2.75) is 44.8 Å². The molecule has 3 heterocycles. The van der Waals surface area contributed by atoms with Crippen molar-refractivity contribution in [1.29, 1.82) is 0 Å². The summed E-state index contributed by atoms with van der Waals surface area (Å²) in [6, 6.07) is 3.58. The topological polar surface area (TPSA) is 86.5 Å². The zero-order chi connectivity index (χ0) is 17.4. The van der Waals surface area contributed by atoms with Gasteiger partial charge < -0.3 is 19.2 Å². The number of oxazole rings is 1. The van der Waals surface area contributed by atoms with E-state index in [2.05, 4.69) is 31.2 Å². The predicted molar refractivity (Wildman–Crippen MR) is 90.6 cm³/mol. The third-order valence-electron chi connectivity index (χ3n) is 3.72. The van der Waals surface area contributed by atoms with Crippen LogP contribution in [0, 0.1) is 0 Å². The molecule has 130 valence electrons. The van der Waals surface area contributed by atoms with Crippen molar-refractivity contribution in [2.75, 3.05) is 13.2 Å². The predicted octanol–water partition coefficient (Wildman–Crippen LogP) is 3.52. The van der Waals surface area contributed by atoms with Crippen LogP contribution < -0.4 is 5.32 Å². The first-order chi connectivity index (χ1) is 11.3. The minimum absolute atomic E-state index is 0.428. The van der Waals surface area contributed by atoms with Gasteiger partial charge >= 0.3 is 6.09 Å². The monoisotopic (exact) mass is 397 g/mol. The molecule has 8 heteroatoms. The molecule has 1 fully saturated rings. The zero-order valence-corrected chi connectivity index (χ0v) is 15.5. The third kappa shape index (κ3) is 3.70. The molecule has 0 aliphatic carbocycles. The highest BCUT2D eigenvalue weighted by Gasteiger charge is 2.42. The van der Waals surface area contributed by atoms with E-state index in [1.807, 2.05) is 20.8 Å². The number of ether oxygens (including phenoxy) is 2. The second kappa shape index (κ2) is 6.33. The molecule has 1 aliphatic heterocycles. The summed E-state index contributed by atoms with van der Waals surface area (Å²) in [5.41, 5.74) is -0.265. The van der Waals surface area contributed by atoms with E-state index in [1.54, 1.807) is 12.1 Å². The zero-order valence-electron chi connectivity index (χ0n) is 13.9. The van der Waals surface area contributed by atoms with Crippen molar-refractivity contribution in [3.63, 3.8) is 0 Å². The number of amides is 1. The molecule has 0 aromatic carbocycles. The Morgan fingerprint density at radius 2 is 2.00 bits per heavy atom. The molecule has 0 atom stereocenters. The molecule has 24 heavy (non-hydrogen) atoms. The summed E-state index contributed by atoms with van der Waals surface area (Å²) in [5, 5.41) is 2.94. The number of halogens is 1. The summed E-state index contributed by atoms with van der Waals surface area (Å²) in [4.78, 5) is 21.1. The Morgan fingerprint density at radius 1 is 1.29 bits per heavy atom. The first kappa shape index (κ1) is 17.2. The van der Waals surface area contributed by atoms with Crippen LogP contribution >= 0.6 is 15.9 Å². The largest absolute Gasteiger partial charge is 0.444 e. The summed E-state index contributed by atoms with van der Waals surface area (Å²) in [5.74, 6) is 0.428.